The van der Waals surface area contributed by atoms with Crippen LogP contribution in [0.1, 0.15) is 17.4 Å². The smallest absolute Gasteiger partial charge is 0.277 e. The predicted octanol–water partition coefficient (Wildman–Crippen LogP) is 4.58. The number of benzene rings is 3. The number of sulfonamides is 1. The van der Waals surface area contributed by atoms with Crippen LogP contribution in [0.3, 0.4) is 0 Å². The minimum atomic E-state index is -3.83. The Morgan fingerprint density at radius 1 is 1.06 bits per heavy atom. The van der Waals surface area contributed by atoms with E-state index < -0.39 is 15.9 Å². The van der Waals surface area contributed by atoms with Crippen LogP contribution in [0.25, 0.3) is 11.3 Å². The van der Waals surface area contributed by atoms with E-state index in [0.717, 1.165) is 5.56 Å². The summed E-state index contributed by atoms with van der Waals surface area (Å²) < 4.78 is 44.3. The predicted molar refractivity (Wildman–Crippen MR) is 134 cm³/mol. The van der Waals surface area contributed by atoms with Gasteiger partial charge in [0.05, 0.1) is 24.2 Å². The van der Waals surface area contributed by atoms with E-state index in [9.17, 15) is 13.2 Å². The molecule has 10 heteroatoms. The van der Waals surface area contributed by atoms with Gasteiger partial charge in [0, 0.05) is 17.3 Å². The zero-order chi connectivity index (χ0) is 25.3. The Kier molecular flexibility index (Phi) is 6.11. The van der Waals surface area contributed by atoms with Gasteiger partial charge < -0.3 is 19.3 Å². The fourth-order valence-electron chi connectivity index (χ4n) is 3.88. The molecule has 1 aliphatic rings. The summed E-state index contributed by atoms with van der Waals surface area (Å²) in [7, 11) is -2.25. The van der Waals surface area contributed by atoms with Crippen molar-refractivity contribution in [3.05, 3.63) is 84.6 Å². The number of rotatable bonds is 6. The van der Waals surface area contributed by atoms with Crippen molar-refractivity contribution >= 4 is 27.3 Å². The molecule has 1 atom stereocenters. The third-order valence-corrected chi connectivity index (χ3v) is 7.50. The van der Waals surface area contributed by atoms with E-state index in [-0.39, 0.29) is 23.2 Å². The topological polar surface area (TPSA) is 111 Å². The van der Waals surface area contributed by atoms with Crippen LogP contribution in [0.4, 0.5) is 11.4 Å². The number of para-hydroxylation sites is 2. The van der Waals surface area contributed by atoms with Crippen molar-refractivity contribution in [1.29, 1.82) is 0 Å². The van der Waals surface area contributed by atoms with Gasteiger partial charge >= 0.3 is 0 Å². The molecule has 1 N–H and O–H groups in total. The Morgan fingerprint density at radius 3 is 2.50 bits per heavy atom. The van der Waals surface area contributed by atoms with Crippen LogP contribution >= 0.6 is 0 Å². The number of ether oxygens (including phenoxy) is 2. The minimum absolute atomic E-state index is 0.0939. The van der Waals surface area contributed by atoms with Crippen LogP contribution in [-0.2, 0) is 10.0 Å². The molecule has 0 aliphatic carbocycles. The summed E-state index contributed by atoms with van der Waals surface area (Å²) in [5.41, 5.74) is 1.75. The number of hydrogen-bond donors (Lipinski definition) is 1. The Hall–Kier alpha value is -4.31. The van der Waals surface area contributed by atoms with Crippen molar-refractivity contribution in [2.24, 2.45) is 0 Å². The molecule has 0 fully saturated rings. The number of hydrogen-bond acceptors (Lipinski definition) is 7. The Balaban J connectivity index is 1.31. The van der Waals surface area contributed by atoms with Gasteiger partial charge in [0.15, 0.2) is 11.5 Å². The Labute approximate surface area is 208 Å². The molecular formula is C26H23N3O6S. The van der Waals surface area contributed by atoms with Crippen LogP contribution in [0.15, 0.2) is 88.3 Å². The second kappa shape index (κ2) is 9.38. The summed E-state index contributed by atoms with van der Waals surface area (Å²) in [6.45, 7) is 2.02. The maximum absolute atomic E-state index is 13.4. The Bertz CT molecular complexity index is 1500. The molecule has 1 amide bonds. The molecule has 1 aliphatic heterocycles. The average molecular weight is 506 g/mol. The van der Waals surface area contributed by atoms with Crippen LogP contribution < -0.4 is 19.1 Å². The van der Waals surface area contributed by atoms with E-state index >= 15 is 0 Å². The molecule has 0 bridgehead atoms. The number of methoxy groups -OCH3 is 1. The molecule has 1 aromatic heterocycles. The lowest BCUT2D eigenvalue weighted by Gasteiger charge is -2.34. The number of aromatic nitrogens is 1. The van der Waals surface area contributed by atoms with Crippen LogP contribution in [0, 0.1) is 0 Å². The highest BCUT2D eigenvalue weighted by molar-refractivity contribution is 7.92. The van der Waals surface area contributed by atoms with Crippen LogP contribution in [-0.4, -0.2) is 39.2 Å². The van der Waals surface area contributed by atoms with Gasteiger partial charge in [-0.05, 0) is 67.6 Å². The summed E-state index contributed by atoms with van der Waals surface area (Å²) in [5.74, 6) is 1.17. The number of amides is 1. The summed E-state index contributed by atoms with van der Waals surface area (Å²) in [5, 5.41) is 6.56. The molecule has 184 valence electrons. The average Bonchev–Trinajstić information content (AvgIpc) is 3.39. The zero-order valence-corrected chi connectivity index (χ0v) is 20.4. The first-order chi connectivity index (χ1) is 17.3. The highest BCUT2D eigenvalue weighted by Crippen LogP contribution is 2.36. The fraction of sp³-hybridized carbons (Fsp3) is 0.154. The molecule has 3 aromatic carbocycles. The first-order valence-corrected chi connectivity index (χ1v) is 12.6. The maximum atomic E-state index is 13.4. The number of fused-ring (bicyclic) bond motifs is 1. The number of nitrogens with zero attached hydrogens (tertiary/aromatic N) is 2. The van der Waals surface area contributed by atoms with E-state index in [4.69, 9.17) is 14.0 Å². The van der Waals surface area contributed by atoms with Gasteiger partial charge in [0.1, 0.15) is 17.6 Å². The van der Waals surface area contributed by atoms with Crippen LogP contribution in [0.2, 0.25) is 0 Å². The van der Waals surface area contributed by atoms with Gasteiger partial charge in [-0.25, -0.2) is 8.42 Å². The first-order valence-electron chi connectivity index (χ1n) is 11.2. The second-order valence-corrected chi connectivity index (χ2v) is 10.1. The van der Waals surface area contributed by atoms with Gasteiger partial charge in [-0.1, -0.05) is 17.3 Å². The minimum Gasteiger partial charge on any atom is -0.497 e. The highest BCUT2D eigenvalue weighted by Gasteiger charge is 2.32. The molecule has 36 heavy (non-hydrogen) atoms. The molecular weight excluding hydrogens is 482 g/mol. The van der Waals surface area contributed by atoms with E-state index in [2.05, 4.69) is 10.5 Å². The molecule has 0 saturated heterocycles. The fourth-order valence-corrected chi connectivity index (χ4v) is 5.43. The quantitative estimate of drug-likeness (QED) is 0.408. The van der Waals surface area contributed by atoms with Crippen LogP contribution in [0.5, 0.6) is 11.5 Å². The van der Waals surface area contributed by atoms with E-state index in [1.165, 1.54) is 34.6 Å². The first kappa shape index (κ1) is 23.4. The third kappa shape index (κ3) is 4.50. The van der Waals surface area contributed by atoms with Gasteiger partial charge in [0.25, 0.3) is 15.9 Å². The number of carbonyl (C=O) groups is 1. The zero-order valence-electron chi connectivity index (χ0n) is 19.5. The highest BCUT2D eigenvalue weighted by atomic mass is 32.2. The normalized spacial score (nSPS) is 15.1. The SMILES string of the molecule is COc1ccc(-c2cc(C(=O)Nc3ccc(S(=O)(=O)N4CC(C)Oc5ccccc54)cc3)no2)cc1. The molecule has 2 heterocycles. The third-order valence-electron chi connectivity index (χ3n) is 5.70. The monoisotopic (exact) mass is 505 g/mol. The standard InChI is InChI=1S/C26H23N3O6S/c1-17-16-29(23-5-3-4-6-24(23)34-17)36(31,32)21-13-9-19(10-14-21)27-26(30)22-15-25(35-28-22)18-7-11-20(33-2)12-8-18/h3-15,17H,16H2,1-2H3,(H,27,30). The number of carbonyl (C=O) groups excluding carboxylic acids is 1. The lowest BCUT2D eigenvalue weighted by Crippen LogP contribution is -2.42. The second-order valence-electron chi connectivity index (χ2n) is 8.22. The van der Waals surface area contributed by atoms with Crippen molar-refractivity contribution in [2.75, 3.05) is 23.3 Å². The van der Waals surface area contributed by atoms with Crippen molar-refractivity contribution < 1.29 is 27.2 Å². The van der Waals surface area contributed by atoms with Gasteiger partial charge in [-0.15, -0.1) is 0 Å². The Morgan fingerprint density at radius 2 is 1.78 bits per heavy atom. The van der Waals surface area contributed by atoms with Crippen molar-refractivity contribution in [3.8, 4) is 22.8 Å². The largest absolute Gasteiger partial charge is 0.497 e. The van der Waals surface area contributed by atoms with Crippen molar-refractivity contribution in [2.45, 2.75) is 17.9 Å². The lowest BCUT2D eigenvalue weighted by molar-refractivity contribution is 0.101. The molecule has 9 nitrogen and oxygen atoms in total. The molecule has 0 saturated carbocycles. The summed E-state index contributed by atoms with van der Waals surface area (Å²) in [4.78, 5) is 12.8. The van der Waals surface area contributed by atoms with Gasteiger partial charge in [0.2, 0.25) is 0 Å². The summed E-state index contributed by atoms with van der Waals surface area (Å²) >= 11 is 0. The van der Waals surface area contributed by atoms with Gasteiger partial charge in [-0.3, -0.25) is 9.10 Å². The molecule has 1 unspecified atom stereocenters. The maximum Gasteiger partial charge on any atom is 0.277 e. The summed E-state index contributed by atoms with van der Waals surface area (Å²) in [6.07, 6.45) is -0.293. The molecule has 0 radical (unpaired) electrons. The van der Waals surface area contributed by atoms with Crippen molar-refractivity contribution in [3.63, 3.8) is 0 Å². The molecule has 0 spiro atoms. The van der Waals surface area contributed by atoms with Crippen molar-refractivity contribution in [1.82, 2.24) is 5.16 Å². The van der Waals surface area contributed by atoms with E-state index in [0.29, 0.717) is 28.6 Å². The van der Waals surface area contributed by atoms with Gasteiger partial charge in [-0.2, -0.15) is 0 Å². The summed E-state index contributed by atoms with van der Waals surface area (Å²) in [6, 6.07) is 21.7. The van der Waals surface area contributed by atoms with E-state index in [1.54, 1.807) is 55.6 Å². The molecule has 5 rings (SSSR count). The number of nitrogens with one attached hydrogen (secondary N) is 1. The molecule has 4 aromatic rings. The van der Waals surface area contributed by atoms with E-state index in [1.807, 2.05) is 6.92 Å². The number of anilines is 2. The lowest BCUT2D eigenvalue weighted by atomic mass is 10.1.